The minimum absolute atomic E-state index is 0.0585. The number of anilines is 3. The fourth-order valence-corrected chi connectivity index (χ4v) is 9.59. The number of thiol groups is 1. The maximum atomic E-state index is 9.86. The van der Waals surface area contributed by atoms with E-state index in [0.29, 0.717) is 11.1 Å². The van der Waals surface area contributed by atoms with Crippen LogP contribution in [-0.2, 0) is 0 Å². The number of ether oxygens (including phenoxy) is 2. The predicted octanol–water partition coefficient (Wildman–Crippen LogP) is 11.7. The van der Waals surface area contributed by atoms with E-state index in [2.05, 4.69) is 78.2 Å². The van der Waals surface area contributed by atoms with Crippen LogP contribution in [0.1, 0.15) is 16.0 Å². The zero-order valence-corrected chi connectivity index (χ0v) is 31.2. The third-order valence-corrected chi connectivity index (χ3v) is 12.4. The number of nitriles is 3. The Bertz CT molecular complexity index is 2440. The molecule has 0 saturated carbocycles. The maximum absolute atomic E-state index is 9.86. The zero-order valence-electron chi connectivity index (χ0n) is 27.0. The molecule has 3 aromatic heterocycles. The second-order valence-electron chi connectivity index (χ2n) is 11.1. The van der Waals surface area contributed by atoms with Gasteiger partial charge in [0.1, 0.15) is 35.3 Å². The molecular weight excluding hydrogens is 729 g/mol. The lowest BCUT2D eigenvalue weighted by Crippen LogP contribution is -2.09. The molecule has 6 aromatic rings. The van der Waals surface area contributed by atoms with Crippen LogP contribution in [-0.4, -0.2) is 18.4 Å². The zero-order chi connectivity index (χ0) is 35.6. The molecule has 0 saturated heterocycles. The fourth-order valence-electron chi connectivity index (χ4n) is 5.85. The number of fused-ring (bicyclic) bond motifs is 3. The predicted molar refractivity (Wildman–Crippen MR) is 217 cm³/mol. The molecule has 3 aromatic carbocycles. The highest BCUT2D eigenvalue weighted by atomic mass is 32.1. The molecule has 51 heavy (non-hydrogen) atoms. The van der Waals surface area contributed by atoms with Crippen LogP contribution < -0.4 is 14.4 Å². The van der Waals surface area contributed by atoms with Gasteiger partial charge in [-0.05, 0) is 96.6 Å². The van der Waals surface area contributed by atoms with E-state index in [1.807, 2.05) is 54.6 Å². The molecular formula is C40H24N4O2S5. The maximum Gasteiger partial charge on any atom is 0.138 e. The monoisotopic (exact) mass is 752 g/mol. The smallest absolute Gasteiger partial charge is 0.138 e. The summed E-state index contributed by atoms with van der Waals surface area (Å²) in [7, 11) is 3.32. The third kappa shape index (κ3) is 6.48. The van der Waals surface area contributed by atoms with Gasteiger partial charge in [-0.25, -0.2) is 0 Å². The van der Waals surface area contributed by atoms with Gasteiger partial charge in [0.15, 0.2) is 0 Å². The molecule has 0 aliphatic heterocycles. The second-order valence-corrected chi connectivity index (χ2v) is 15.5. The van der Waals surface area contributed by atoms with E-state index in [1.165, 1.54) is 11.3 Å². The Hall–Kier alpha value is -5.45. The minimum atomic E-state index is 0.0585. The fraction of sp³-hybridized carbons (Fsp3) is 0.0500. The van der Waals surface area contributed by atoms with Crippen molar-refractivity contribution in [1.82, 2.24) is 0 Å². The summed E-state index contributed by atoms with van der Waals surface area (Å²) in [6.45, 7) is 0. The Morgan fingerprint density at radius 2 is 1.20 bits per heavy atom. The van der Waals surface area contributed by atoms with E-state index in [9.17, 15) is 15.8 Å². The van der Waals surface area contributed by atoms with Crippen LogP contribution in [0.3, 0.4) is 0 Å². The average Bonchev–Trinajstić information content (AvgIpc) is 3.96. The van der Waals surface area contributed by atoms with Crippen molar-refractivity contribution in [2.24, 2.45) is 0 Å². The molecule has 7 rings (SSSR count). The Labute approximate surface area is 318 Å². The molecule has 11 heteroatoms. The minimum Gasteiger partial charge on any atom is -0.497 e. The van der Waals surface area contributed by atoms with E-state index < -0.39 is 0 Å². The van der Waals surface area contributed by atoms with E-state index in [0.717, 1.165) is 74.5 Å². The van der Waals surface area contributed by atoms with Crippen molar-refractivity contribution in [1.29, 1.82) is 15.8 Å². The lowest BCUT2D eigenvalue weighted by Gasteiger charge is -2.26. The van der Waals surface area contributed by atoms with Crippen LogP contribution in [0.5, 0.6) is 11.5 Å². The SMILES string of the molecule is COc1ccc(N(c2ccc(OC)cc2)c2ccc(-c3ccc(-c4cc5c(s4)-c4sc(/C=C(/C#N)C(=S)S)cc4C5=C(C#N)C#N)s3)cc2)cc1. The lowest BCUT2D eigenvalue weighted by molar-refractivity contribution is 0.415. The first-order chi connectivity index (χ1) is 24.8. The average molecular weight is 753 g/mol. The summed E-state index contributed by atoms with van der Waals surface area (Å²) in [5, 5.41) is 29.2. The highest BCUT2D eigenvalue weighted by Crippen LogP contribution is 2.56. The number of hydrogen-bond acceptors (Lipinski definition) is 10. The summed E-state index contributed by atoms with van der Waals surface area (Å²) >= 11 is 14.1. The molecule has 1 aliphatic carbocycles. The molecule has 0 radical (unpaired) electrons. The summed E-state index contributed by atoms with van der Waals surface area (Å²) in [4.78, 5) is 8.23. The second kappa shape index (κ2) is 14.4. The number of thiocarbonyl (C=S) groups is 1. The van der Waals surface area contributed by atoms with Gasteiger partial charge in [-0.2, -0.15) is 15.8 Å². The number of allylic oxidation sites excluding steroid dienone is 1. The van der Waals surface area contributed by atoms with E-state index in [1.54, 1.807) is 43.0 Å². The van der Waals surface area contributed by atoms with Crippen LogP contribution in [0, 0.1) is 34.0 Å². The van der Waals surface area contributed by atoms with Gasteiger partial charge in [-0.15, -0.1) is 46.6 Å². The van der Waals surface area contributed by atoms with Crippen LogP contribution in [0.25, 0.3) is 41.6 Å². The standard InChI is InChI=1S/C40H24N4O2S5/c1-45-29-11-7-27(8-12-29)44(28-9-13-30(46-2)14-10-28)26-5-3-23(4-6-26)34-15-16-35(50-34)36-19-33-37(25(21-42)22-43)32-18-31(17-24(20-41)40(47)48)49-38(32)39(33)51-36/h3-19H,1-2H3,(H,47,48)/b24-17-. The largest absolute Gasteiger partial charge is 0.497 e. The molecule has 0 amide bonds. The summed E-state index contributed by atoms with van der Waals surface area (Å²) < 4.78 is 11.0. The van der Waals surface area contributed by atoms with E-state index >= 15 is 0 Å². The van der Waals surface area contributed by atoms with Crippen molar-refractivity contribution in [3.63, 3.8) is 0 Å². The Morgan fingerprint density at radius 3 is 1.73 bits per heavy atom. The first-order valence-electron chi connectivity index (χ1n) is 15.3. The first-order valence-corrected chi connectivity index (χ1v) is 18.6. The summed E-state index contributed by atoms with van der Waals surface area (Å²) in [5.74, 6) is 1.58. The molecule has 0 N–H and O–H groups in total. The van der Waals surface area contributed by atoms with Gasteiger partial charge in [0, 0.05) is 53.3 Å². The lowest BCUT2D eigenvalue weighted by atomic mass is 10.0. The quantitative estimate of drug-likeness (QED) is 0.0679. The number of nitrogens with zero attached hydrogens (tertiary/aromatic N) is 4. The summed E-state index contributed by atoms with van der Waals surface area (Å²) in [6.07, 6.45) is 1.70. The van der Waals surface area contributed by atoms with Crippen molar-refractivity contribution >= 4 is 91.8 Å². The van der Waals surface area contributed by atoms with Gasteiger partial charge >= 0.3 is 0 Å². The van der Waals surface area contributed by atoms with Gasteiger partial charge < -0.3 is 14.4 Å². The van der Waals surface area contributed by atoms with Crippen molar-refractivity contribution in [2.75, 3.05) is 19.1 Å². The molecule has 1 aliphatic rings. The van der Waals surface area contributed by atoms with Crippen LogP contribution in [0.15, 0.2) is 108 Å². The molecule has 0 atom stereocenters. The normalized spacial score (nSPS) is 11.5. The van der Waals surface area contributed by atoms with Crippen molar-refractivity contribution in [2.45, 2.75) is 0 Å². The Kier molecular flexibility index (Phi) is 9.62. The molecule has 6 nitrogen and oxygen atoms in total. The Balaban J connectivity index is 1.22. The summed E-state index contributed by atoms with van der Waals surface area (Å²) in [6, 6.07) is 39.0. The van der Waals surface area contributed by atoms with Gasteiger partial charge in [0.05, 0.1) is 33.7 Å². The van der Waals surface area contributed by atoms with E-state index in [-0.39, 0.29) is 9.77 Å². The molecule has 0 bridgehead atoms. The van der Waals surface area contributed by atoms with Crippen LogP contribution in [0.2, 0.25) is 0 Å². The number of hydrogen-bond donors (Lipinski definition) is 1. The van der Waals surface area contributed by atoms with Crippen molar-refractivity contribution in [3.8, 4) is 59.7 Å². The molecule has 0 unspecified atom stereocenters. The van der Waals surface area contributed by atoms with Crippen molar-refractivity contribution < 1.29 is 9.47 Å². The Morgan fingerprint density at radius 1 is 0.667 bits per heavy atom. The topological polar surface area (TPSA) is 93.1 Å². The van der Waals surface area contributed by atoms with Gasteiger partial charge in [-0.3, -0.25) is 0 Å². The van der Waals surface area contributed by atoms with Crippen LogP contribution in [0.4, 0.5) is 17.1 Å². The van der Waals surface area contributed by atoms with Gasteiger partial charge in [-0.1, -0.05) is 24.4 Å². The number of benzene rings is 3. The number of rotatable bonds is 9. The van der Waals surface area contributed by atoms with Gasteiger partial charge in [0.2, 0.25) is 0 Å². The summed E-state index contributed by atoms with van der Waals surface area (Å²) in [5.41, 5.74) is 6.77. The molecule has 3 heterocycles. The van der Waals surface area contributed by atoms with Crippen LogP contribution >= 0.6 is 58.9 Å². The molecule has 246 valence electrons. The van der Waals surface area contributed by atoms with Gasteiger partial charge in [0.25, 0.3) is 0 Å². The first kappa shape index (κ1) is 34.0. The highest BCUT2D eigenvalue weighted by molar-refractivity contribution is 8.11. The molecule has 0 spiro atoms. The van der Waals surface area contributed by atoms with Crippen molar-refractivity contribution in [3.05, 3.63) is 124 Å². The third-order valence-electron chi connectivity index (χ3n) is 8.26. The number of thiophene rings is 3. The molecule has 0 fully saturated rings. The van der Waals surface area contributed by atoms with E-state index in [4.69, 9.17) is 21.7 Å². The highest BCUT2D eigenvalue weighted by Gasteiger charge is 2.32. The number of methoxy groups -OCH3 is 2.